The zero-order valence-electron chi connectivity index (χ0n) is 27.5. The molecule has 6 rings (SSSR count). The summed E-state index contributed by atoms with van der Waals surface area (Å²) in [5, 5.41) is 20.4. The lowest BCUT2D eigenvalue weighted by atomic mass is 9.82. The van der Waals surface area contributed by atoms with Crippen molar-refractivity contribution >= 4 is 49.6 Å². The van der Waals surface area contributed by atoms with Crippen LogP contribution in [0.25, 0.3) is 11.0 Å². The number of aromatic nitrogens is 1. The van der Waals surface area contributed by atoms with E-state index < -0.39 is 20.5 Å². The summed E-state index contributed by atoms with van der Waals surface area (Å²) in [5.41, 5.74) is 2.15. The molecule has 0 bridgehead atoms. The number of nitro groups is 1. The molecule has 11 nitrogen and oxygen atoms in total. The second-order valence-corrected chi connectivity index (χ2v) is 16.4. The van der Waals surface area contributed by atoms with Gasteiger partial charge in [0.25, 0.3) is 5.69 Å². The van der Waals surface area contributed by atoms with Crippen LogP contribution < -0.4 is 10.2 Å². The Balaban J connectivity index is 1.18. The smallest absolute Gasteiger partial charge is 0.293 e. The molecule has 1 N–H and O–H groups in total. The van der Waals surface area contributed by atoms with Crippen molar-refractivity contribution in [3.8, 4) is 0 Å². The summed E-state index contributed by atoms with van der Waals surface area (Å²) in [4.78, 5) is 17.4. The Bertz CT molecular complexity index is 1820. The summed E-state index contributed by atoms with van der Waals surface area (Å²) >= 11 is 1.68. The van der Waals surface area contributed by atoms with Gasteiger partial charge in [-0.15, -0.1) is 11.8 Å². The van der Waals surface area contributed by atoms with Crippen molar-refractivity contribution in [1.29, 1.82) is 0 Å². The van der Waals surface area contributed by atoms with E-state index in [0.717, 1.165) is 68.6 Å². The van der Waals surface area contributed by atoms with Crippen LogP contribution in [0.5, 0.6) is 0 Å². The van der Waals surface area contributed by atoms with Crippen molar-refractivity contribution in [3.05, 3.63) is 82.5 Å². The first-order chi connectivity index (χ1) is 23.1. The van der Waals surface area contributed by atoms with Crippen LogP contribution in [0.2, 0.25) is 0 Å². The monoisotopic (exact) mass is 693 g/mol. The molecule has 256 valence electrons. The molecule has 2 aliphatic heterocycles. The highest BCUT2D eigenvalue weighted by Gasteiger charge is 2.28. The fourth-order valence-corrected chi connectivity index (χ4v) is 8.48. The lowest BCUT2D eigenvalue weighted by Gasteiger charge is -2.38. The van der Waals surface area contributed by atoms with Crippen molar-refractivity contribution in [2.75, 3.05) is 61.9 Å². The van der Waals surface area contributed by atoms with E-state index in [9.17, 15) is 18.5 Å². The van der Waals surface area contributed by atoms with Crippen LogP contribution >= 0.6 is 11.8 Å². The van der Waals surface area contributed by atoms with Crippen LogP contribution in [-0.4, -0.2) is 81.1 Å². The summed E-state index contributed by atoms with van der Waals surface area (Å²) in [5.74, 6) is 0.249. The van der Waals surface area contributed by atoms with E-state index in [4.69, 9.17) is 9.26 Å². The van der Waals surface area contributed by atoms with Crippen molar-refractivity contribution in [1.82, 2.24) is 10.1 Å². The van der Waals surface area contributed by atoms with Crippen molar-refractivity contribution in [3.63, 3.8) is 0 Å². The number of rotatable bonds is 13. The van der Waals surface area contributed by atoms with Gasteiger partial charge in [-0.3, -0.25) is 15.0 Å². The lowest BCUT2D eigenvalue weighted by Crippen LogP contribution is -2.39. The minimum atomic E-state index is -3.98. The number of piperidine rings is 1. The van der Waals surface area contributed by atoms with Crippen LogP contribution in [0.3, 0.4) is 0 Å². The first-order valence-electron chi connectivity index (χ1n) is 16.5. The zero-order chi connectivity index (χ0) is 33.7. The predicted octanol–water partition coefficient (Wildman–Crippen LogP) is 6.63. The van der Waals surface area contributed by atoms with E-state index >= 15 is 0 Å². The molecule has 0 saturated carbocycles. The highest BCUT2D eigenvalue weighted by Crippen LogP contribution is 2.35. The third-order valence-corrected chi connectivity index (χ3v) is 12.1. The number of fused-ring (bicyclic) bond motifs is 1. The quantitative estimate of drug-likeness (QED) is 0.0920. The standard InChI is InChI=1S/C35H43N5O6S2/c1-35(2)13-16-39(17-14-35)27-8-10-30-32(37-46-34(30)22-27)25-48(43,44)29-9-11-31(33(23-29)40(41)42)36-26(12-15-38-18-20-45-21-19-38)24-47-28-6-4-3-5-7-28/h3-11,22-23,26,36H,12-21,24-25H2,1-2H3/t26-/m1/s1. The number of hydrogen-bond acceptors (Lipinski definition) is 11. The number of thioether (sulfide) groups is 1. The van der Waals surface area contributed by atoms with Gasteiger partial charge in [0.15, 0.2) is 15.4 Å². The topological polar surface area (TPSA) is 131 Å². The molecule has 13 heteroatoms. The van der Waals surface area contributed by atoms with Crippen LogP contribution in [0.4, 0.5) is 17.1 Å². The highest BCUT2D eigenvalue weighted by atomic mass is 32.2. The Hall–Kier alpha value is -3.65. The second kappa shape index (κ2) is 14.9. The molecule has 0 radical (unpaired) electrons. The number of benzene rings is 3. The van der Waals surface area contributed by atoms with Crippen LogP contribution in [0, 0.1) is 15.5 Å². The average Bonchev–Trinajstić information content (AvgIpc) is 3.47. The predicted molar refractivity (Wildman–Crippen MR) is 190 cm³/mol. The van der Waals surface area contributed by atoms with Gasteiger partial charge in [0.2, 0.25) is 0 Å². The van der Waals surface area contributed by atoms with Gasteiger partial charge in [-0.2, -0.15) is 0 Å². The summed E-state index contributed by atoms with van der Waals surface area (Å²) in [6, 6.07) is 19.8. The maximum absolute atomic E-state index is 13.6. The summed E-state index contributed by atoms with van der Waals surface area (Å²) < 4.78 is 38.3. The Morgan fingerprint density at radius 2 is 1.77 bits per heavy atom. The van der Waals surface area contributed by atoms with Crippen molar-refractivity contribution in [2.24, 2.45) is 5.41 Å². The summed E-state index contributed by atoms with van der Waals surface area (Å²) in [6.07, 6.45) is 2.94. The van der Waals surface area contributed by atoms with Crippen molar-refractivity contribution < 1.29 is 22.6 Å². The SMILES string of the molecule is CC1(C)CCN(c2ccc3c(CS(=O)(=O)c4ccc(N[C@H](CCN5CCOCC5)CSc5ccccc5)c([N+](=O)[O-])c4)noc3c2)CC1. The van der Waals surface area contributed by atoms with Gasteiger partial charge in [0.05, 0.1) is 23.0 Å². The van der Waals surface area contributed by atoms with Crippen molar-refractivity contribution in [2.45, 2.75) is 54.7 Å². The first kappa shape index (κ1) is 34.2. The zero-order valence-corrected chi connectivity index (χ0v) is 29.1. The maximum atomic E-state index is 13.6. The molecular formula is C35H43N5O6S2. The molecule has 3 aromatic carbocycles. The largest absolute Gasteiger partial charge is 0.379 e. The van der Waals surface area contributed by atoms with E-state index in [-0.39, 0.29) is 22.3 Å². The highest BCUT2D eigenvalue weighted by molar-refractivity contribution is 7.99. The minimum absolute atomic E-state index is 0.0954. The number of nitrogens with one attached hydrogen (secondary N) is 1. The molecule has 3 heterocycles. The number of nitro benzene ring substituents is 1. The molecule has 2 aliphatic rings. The van der Waals surface area contributed by atoms with E-state index in [0.29, 0.717) is 41.0 Å². The molecule has 0 spiro atoms. The van der Waals surface area contributed by atoms with Gasteiger partial charge in [-0.25, -0.2) is 8.42 Å². The van der Waals surface area contributed by atoms with E-state index in [1.807, 2.05) is 48.5 Å². The second-order valence-electron chi connectivity index (χ2n) is 13.4. The first-order valence-corrected chi connectivity index (χ1v) is 19.1. The summed E-state index contributed by atoms with van der Waals surface area (Å²) in [6.45, 7) is 10.4. The molecule has 2 fully saturated rings. The van der Waals surface area contributed by atoms with Crippen LogP contribution in [-0.2, 0) is 20.3 Å². The van der Waals surface area contributed by atoms with Gasteiger partial charge >= 0.3 is 0 Å². The maximum Gasteiger partial charge on any atom is 0.293 e. The van der Waals surface area contributed by atoms with Gasteiger partial charge in [-0.05, 0) is 61.1 Å². The minimum Gasteiger partial charge on any atom is -0.379 e. The fraction of sp³-hybridized carbons (Fsp3) is 0.457. The number of ether oxygens (including phenoxy) is 1. The Morgan fingerprint density at radius 3 is 2.50 bits per heavy atom. The fourth-order valence-electron chi connectivity index (χ4n) is 6.18. The molecule has 0 unspecified atom stereocenters. The summed E-state index contributed by atoms with van der Waals surface area (Å²) in [7, 11) is -3.98. The molecule has 4 aromatic rings. The molecular weight excluding hydrogens is 651 g/mol. The molecule has 1 aromatic heterocycles. The van der Waals surface area contributed by atoms with Gasteiger partial charge in [0, 0.05) is 72.6 Å². The number of nitrogens with zero attached hydrogens (tertiary/aromatic N) is 4. The number of anilines is 2. The van der Waals surface area contributed by atoms with E-state index in [1.54, 1.807) is 11.8 Å². The Labute approximate surface area is 286 Å². The average molecular weight is 694 g/mol. The lowest BCUT2D eigenvalue weighted by molar-refractivity contribution is -0.384. The van der Waals surface area contributed by atoms with Crippen LogP contribution in [0.1, 0.15) is 38.8 Å². The third-order valence-electron chi connectivity index (χ3n) is 9.32. The number of morpholine rings is 1. The number of sulfone groups is 1. The molecule has 2 saturated heterocycles. The molecule has 0 amide bonds. The Kier molecular flexibility index (Phi) is 10.6. The normalized spacial score (nSPS) is 17.8. The van der Waals surface area contributed by atoms with Gasteiger partial charge in [0.1, 0.15) is 17.1 Å². The van der Waals surface area contributed by atoms with Crippen LogP contribution in [0.15, 0.2) is 81.0 Å². The third kappa shape index (κ3) is 8.49. The Morgan fingerprint density at radius 1 is 1.02 bits per heavy atom. The molecule has 1 atom stereocenters. The van der Waals surface area contributed by atoms with E-state index in [2.05, 4.69) is 34.1 Å². The van der Waals surface area contributed by atoms with Gasteiger partial charge < -0.3 is 19.5 Å². The van der Waals surface area contributed by atoms with E-state index in [1.165, 1.54) is 12.1 Å². The van der Waals surface area contributed by atoms with Gasteiger partial charge in [-0.1, -0.05) is 37.2 Å². The number of hydrogen-bond donors (Lipinski definition) is 1. The molecule has 0 aliphatic carbocycles. The molecule has 48 heavy (non-hydrogen) atoms.